The van der Waals surface area contributed by atoms with Gasteiger partial charge in [-0.15, -0.1) is 11.3 Å². The molecule has 0 saturated heterocycles. The second-order valence-electron chi connectivity index (χ2n) is 6.77. The fraction of sp³-hybridized carbons (Fsp3) is 0.217. The quantitative estimate of drug-likeness (QED) is 0.618. The first kappa shape index (κ1) is 19.2. The summed E-state index contributed by atoms with van der Waals surface area (Å²) in [7, 11) is 0. The van der Waals surface area contributed by atoms with Gasteiger partial charge in [0.2, 0.25) is 0 Å². The molecule has 0 bridgehead atoms. The van der Waals surface area contributed by atoms with Crippen LogP contribution >= 0.6 is 11.3 Å². The third-order valence-electron chi connectivity index (χ3n) is 4.93. The molecule has 0 saturated carbocycles. The van der Waals surface area contributed by atoms with Crippen LogP contribution in [0.3, 0.4) is 0 Å². The number of nitrogens with zero attached hydrogens (tertiary/aromatic N) is 2. The van der Waals surface area contributed by atoms with E-state index in [0.29, 0.717) is 31.7 Å². The maximum Gasteiger partial charge on any atom is 0.331 e. The lowest BCUT2D eigenvalue weighted by atomic mass is 9.99. The summed E-state index contributed by atoms with van der Waals surface area (Å²) in [6.07, 6.45) is 4.08. The van der Waals surface area contributed by atoms with Gasteiger partial charge in [-0.05, 0) is 48.7 Å². The molecule has 1 N–H and O–H groups in total. The molecule has 1 aromatic heterocycles. The number of carboxylic acids is 1. The van der Waals surface area contributed by atoms with Gasteiger partial charge in [0, 0.05) is 34.9 Å². The molecule has 4 rings (SSSR count). The van der Waals surface area contributed by atoms with E-state index >= 15 is 0 Å². The highest BCUT2D eigenvalue weighted by Gasteiger charge is 2.21. The van der Waals surface area contributed by atoms with Gasteiger partial charge in [0.05, 0.1) is 13.2 Å². The number of para-hydroxylation sites is 1. The Balaban J connectivity index is 1.78. The van der Waals surface area contributed by atoms with Gasteiger partial charge in [-0.2, -0.15) is 0 Å². The summed E-state index contributed by atoms with van der Waals surface area (Å²) in [6.45, 7) is 3.86. The lowest BCUT2D eigenvalue weighted by molar-refractivity contribution is -0.132. The number of carboxylic acid groups (broad SMARTS) is 1. The van der Waals surface area contributed by atoms with E-state index < -0.39 is 5.97 Å². The van der Waals surface area contributed by atoms with Crippen LogP contribution in [0.1, 0.15) is 23.9 Å². The van der Waals surface area contributed by atoms with Crippen molar-refractivity contribution in [2.75, 3.05) is 18.1 Å². The predicted molar refractivity (Wildman–Crippen MR) is 116 cm³/mol. The summed E-state index contributed by atoms with van der Waals surface area (Å²) in [4.78, 5) is 18.3. The van der Waals surface area contributed by atoms with Crippen molar-refractivity contribution < 1.29 is 14.6 Å². The van der Waals surface area contributed by atoms with E-state index in [-0.39, 0.29) is 0 Å². The number of fused-ring (bicyclic) bond motifs is 1. The minimum atomic E-state index is -0.868. The molecule has 29 heavy (non-hydrogen) atoms. The Morgan fingerprint density at radius 3 is 2.90 bits per heavy atom. The Kier molecular flexibility index (Phi) is 5.62. The molecule has 0 unspecified atom stereocenters. The Labute approximate surface area is 173 Å². The highest BCUT2D eigenvalue weighted by Crippen LogP contribution is 2.36. The summed E-state index contributed by atoms with van der Waals surface area (Å²) < 4.78 is 5.78. The van der Waals surface area contributed by atoms with Crippen LogP contribution in [0.4, 0.5) is 5.69 Å². The number of thiazole rings is 1. The second kappa shape index (κ2) is 8.49. The van der Waals surface area contributed by atoms with Crippen LogP contribution in [0.15, 0.2) is 59.6 Å². The summed E-state index contributed by atoms with van der Waals surface area (Å²) in [5.41, 5.74) is 4.35. The molecule has 0 amide bonds. The molecular weight excluding hydrogens is 384 g/mol. The topological polar surface area (TPSA) is 62.7 Å². The van der Waals surface area contributed by atoms with E-state index in [1.807, 2.05) is 36.6 Å². The number of rotatable bonds is 6. The average Bonchev–Trinajstić information content (AvgIpc) is 3.16. The molecule has 0 spiro atoms. The Morgan fingerprint density at radius 1 is 1.28 bits per heavy atom. The number of aliphatic carboxylic acids is 1. The molecular formula is C23H22N2O3S. The summed E-state index contributed by atoms with van der Waals surface area (Å²) in [6, 6.07) is 14.1. The van der Waals surface area contributed by atoms with Crippen molar-refractivity contribution in [1.29, 1.82) is 0 Å². The maximum absolute atomic E-state index is 11.7. The third kappa shape index (κ3) is 4.17. The minimum absolute atomic E-state index is 0.420. The van der Waals surface area contributed by atoms with Gasteiger partial charge in [0.1, 0.15) is 10.8 Å². The van der Waals surface area contributed by atoms with Crippen molar-refractivity contribution in [2.24, 2.45) is 0 Å². The van der Waals surface area contributed by atoms with E-state index in [1.54, 1.807) is 23.6 Å². The first-order chi connectivity index (χ1) is 14.2. The van der Waals surface area contributed by atoms with E-state index in [2.05, 4.69) is 28.1 Å². The smallest absolute Gasteiger partial charge is 0.331 e. The lowest BCUT2D eigenvalue weighted by Gasteiger charge is -2.24. The van der Waals surface area contributed by atoms with Crippen molar-refractivity contribution in [1.82, 2.24) is 4.98 Å². The van der Waals surface area contributed by atoms with Gasteiger partial charge in [0.25, 0.3) is 0 Å². The highest BCUT2D eigenvalue weighted by atomic mass is 32.1. The largest absolute Gasteiger partial charge is 0.493 e. The predicted octanol–water partition coefficient (Wildman–Crippen LogP) is 5.09. The number of aromatic nitrogens is 1. The van der Waals surface area contributed by atoms with Crippen LogP contribution in [-0.2, 0) is 11.3 Å². The molecule has 0 aliphatic carbocycles. The van der Waals surface area contributed by atoms with Crippen LogP contribution in [0.2, 0.25) is 0 Å². The van der Waals surface area contributed by atoms with Crippen molar-refractivity contribution >= 4 is 29.1 Å². The van der Waals surface area contributed by atoms with E-state index in [9.17, 15) is 9.90 Å². The van der Waals surface area contributed by atoms with E-state index in [1.165, 1.54) is 0 Å². The van der Waals surface area contributed by atoms with Gasteiger partial charge >= 0.3 is 5.97 Å². The Morgan fingerprint density at radius 2 is 2.14 bits per heavy atom. The van der Waals surface area contributed by atoms with Gasteiger partial charge in [0.15, 0.2) is 0 Å². The van der Waals surface area contributed by atoms with Gasteiger partial charge in [-0.1, -0.05) is 24.3 Å². The zero-order valence-corrected chi connectivity index (χ0v) is 17.0. The van der Waals surface area contributed by atoms with E-state index in [0.717, 1.165) is 33.1 Å². The molecule has 0 radical (unpaired) electrons. The van der Waals surface area contributed by atoms with Crippen molar-refractivity contribution in [3.05, 3.63) is 70.2 Å². The average molecular weight is 407 g/mol. The van der Waals surface area contributed by atoms with Crippen molar-refractivity contribution in [3.63, 3.8) is 0 Å². The minimum Gasteiger partial charge on any atom is -0.493 e. The van der Waals surface area contributed by atoms with Gasteiger partial charge in [-0.3, -0.25) is 0 Å². The fourth-order valence-electron chi connectivity index (χ4n) is 3.58. The van der Waals surface area contributed by atoms with Gasteiger partial charge < -0.3 is 14.7 Å². The number of anilines is 1. The molecule has 0 atom stereocenters. The first-order valence-electron chi connectivity index (χ1n) is 9.59. The highest BCUT2D eigenvalue weighted by molar-refractivity contribution is 7.09. The summed E-state index contributed by atoms with van der Waals surface area (Å²) in [5, 5.41) is 12.6. The number of hydrogen-bond acceptors (Lipinski definition) is 5. The number of ether oxygens (including phenoxy) is 1. The van der Waals surface area contributed by atoms with Crippen LogP contribution in [0.5, 0.6) is 5.75 Å². The number of carbonyl (C=O) groups is 1. The monoisotopic (exact) mass is 406 g/mol. The fourth-order valence-corrected chi connectivity index (χ4v) is 4.21. The number of hydrogen-bond donors (Lipinski definition) is 1. The van der Waals surface area contributed by atoms with Gasteiger partial charge in [-0.25, -0.2) is 9.78 Å². The Bertz CT molecular complexity index is 1040. The molecule has 1 aliphatic heterocycles. The van der Waals surface area contributed by atoms with Crippen LogP contribution in [0.25, 0.3) is 17.2 Å². The Hall–Kier alpha value is -3.12. The van der Waals surface area contributed by atoms with Crippen LogP contribution in [-0.4, -0.2) is 29.2 Å². The van der Waals surface area contributed by atoms with Crippen LogP contribution < -0.4 is 9.64 Å². The summed E-state index contributed by atoms with van der Waals surface area (Å²) in [5.74, 6) is -0.0437. The third-order valence-corrected chi connectivity index (χ3v) is 5.70. The zero-order chi connectivity index (χ0) is 20.2. The zero-order valence-electron chi connectivity index (χ0n) is 16.2. The molecule has 1 aliphatic rings. The van der Waals surface area contributed by atoms with Crippen molar-refractivity contribution in [3.8, 4) is 16.9 Å². The van der Waals surface area contributed by atoms with Crippen LogP contribution in [0, 0.1) is 0 Å². The molecule has 3 aromatic rings. The maximum atomic E-state index is 11.7. The van der Waals surface area contributed by atoms with Crippen molar-refractivity contribution in [2.45, 2.75) is 19.9 Å². The second-order valence-corrected chi connectivity index (χ2v) is 7.75. The molecule has 5 nitrogen and oxygen atoms in total. The molecule has 148 valence electrons. The lowest BCUT2D eigenvalue weighted by Crippen LogP contribution is -2.24. The first-order valence-corrected chi connectivity index (χ1v) is 10.5. The molecule has 6 heteroatoms. The SMILES string of the molecule is CCOc1ccccc1-c1ccc2c(c1)C=C(C(=O)O)CCN2Cc1nccs1. The number of benzene rings is 2. The normalized spacial score (nSPS) is 13.4. The molecule has 2 aromatic carbocycles. The molecule has 0 fully saturated rings. The summed E-state index contributed by atoms with van der Waals surface area (Å²) >= 11 is 1.61. The standard InChI is InChI=1S/C23H22N2O3S/c1-2-28-21-6-4-3-5-19(21)16-7-8-20-18(13-16)14-17(23(26)27)9-11-25(20)15-22-24-10-12-29-22/h3-8,10,12-14H,2,9,11,15H2,1H3,(H,26,27). The van der Waals surface area contributed by atoms with E-state index in [4.69, 9.17) is 4.74 Å². The molecule has 2 heterocycles.